The Morgan fingerprint density at radius 1 is 1.35 bits per heavy atom. The van der Waals surface area contributed by atoms with Crippen molar-refractivity contribution in [1.29, 1.82) is 0 Å². The molecule has 1 aromatic carbocycles. The van der Waals surface area contributed by atoms with Crippen LogP contribution in [0.1, 0.15) is 57.1 Å². The maximum absolute atomic E-state index is 13.9. The van der Waals surface area contributed by atoms with E-state index in [-0.39, 0.29) is 11.9 Å². The molecule has 1 aromatic rings. The molecule has 3 rings (SSSR count). The van der Waals surface area contributed by atoms with Crippen molar-refractivity contribution < 1.29 is 13.6 Å². The summed E-state index contributed by atoms with van der Waals surface area (Å²) in [4.78, 5) is 12.5. The molecule has 4 atom stereocenters. The number of fused-ring (bicyclic) bond motifs is 1. The van der Waals surface area contributed by atoms with E-state index >= 15 is 0 Å². The van der Waals surface area contributed by atoms with Crippen molar-refractivity contribution in [2.75, 3.05) is 0 Å². The van der Waals surface area contributed by atoms with Gasteiger partial charge in [0.05, 0.1) is 12.1 Å². The fraction of sp³-hybridized carbons (Fsp3) is 0.611. The van der Waals surface area contributed by atoms with Gasteiger partial charge in [-0.2, -0.15) is 0 Å². The maximum atomic E-state index is 13.9. The van der Waals surface area contributed by atoms with E-state index in [1.165, 1.54) is 31.4 Å². The van der Waals surface area contributed by atoms with E-state index in [9.17, 15) is 13.6 Å². The molecule has 2 aliphatic rings. The molecule has 1 saturated heterocycles. The lowest BCUT2D eigenvalue weighted by molar-refractivity contribution is -0.123. The summed E-state index contributed by atoms with van der Waals surface area (Å²) < 4.78 is 27.0. The van der Waals surface area contributed by atoms with Crippen LogP contribution in [0.15, 0.2) is 18.2 Å². The van der Waals surface area contributed by atoms with Gasteiger partial charge in [0.1, 0.15) is 11.6 Å². The van der Waals surface area contributed by atoms with E-state index in [1.807, 2.05) is 6.92 Å². The van der Waals surface area contributed by atoms with Crippen molar-refractivity contribution in [2.24, 2.45) is 5.92 Å². The van der Waals surface area contributed by atoms with Gasteiger partial charge in [0.15, 0.2) is 0 Å². The summed E-state index contributed by atoms with van der Waals surface area (Å²) in [5.74, 6) is -0.698. The molecule has 1 amide bonds. The maximum Gasteiger partial charge on any atom is 0.237 e. The van der Waals surface area contributed by atoms with Gasteiger partial charge in [-0.3, -0.25) is 4.79 Å². The lowest BCUT2D eigenvalue weighted by atomic mass is 9.85. The molecule has 23 heavy (non-hydrogen) atoms. The predicted octanol–water partition coefficient (Wildman–Crippen LogP) is 3.45. The van der Waals surface area contributed by atoms with Crippen molar-refractivity contribution in [3.63, 3.8) is 0 Å². The zero-order valence-electron chi connectivity index (χ0n) is 13.4. The normalized spacial score (nSPS) is 28.2. The Bertz CT molecular complexity index is 564. The van der Waals surface area contributed by atoms with Crippen LogP contribution in [0, 0.1) is 17.6 Å². The van der Waals surface area contributed by atoms with E-state index < -0.39 is 17.7 Å². The molecule has 2 N–H and O–H groups in total. The molecule has 5 heteroatoms. The lowest BCUT2D eigenvalue weighted by Gasteiger charge is -2.24. The van der Waals surface area contributed by atoms with Crippen molar-refractivity contribution in [3.05, 3.63) is 35.4 Å². The summed E-state index contributed by atoms with van der Waals surface area (Å²) in [5, 5.41) is 6.36. The van der Waals surface area contributed by atoms with Gasteiger partial charge in [-0.1, -0.05) is 25.8 Å². The highest BCUT2D eigenvalue weighted by Gasteiger charge is 2.38. The molecular formula is C18H24F2N2O. The highest BCUT2D eigenvalue weighted by atomic mass is 19.1. The molecule has 1 aliphatic heterocycles. The molecule has 3 nitrogen and oxygen atoms in total. The van der Waals surface area contributed by atoms with Crippen LogP contribution in [-0.2, 0) is 4.79 Å². The second kappa shape index (κ2) is 6.95. The molecule has 2 fully saturated rings. The largest absolute Gasteiger partial charge is 0.348 e. The first kappa shape index (κ1) is 16.4. The quantitative estimate of drug-likeness (QED) is 0.891. The van der Waals surface area contributed by atoms with Gasteiger partial charge in [0.25, 0.3) is 0 Å². The van der Waals surface area contributed by atoms with Crippen LogP contribution in [0.4, 0.5) is 8.78 Å². The van der Waals surface area contributed by atoms with Crippen molar-refractivity contribution >= 4 is 5.91 Å². The monoisotopic (exact) mass is 322 g/mol. The van der Waals surface area contributed by atoms with Crippen LogP contribution >= 0.6 is 0 Å². The first-order valence-electron chi connectivity index (χ1n) is 8.60. The second-order valence-electron chi connectivity index (χ2n) is 6.74. The third kappa shape index (κ3) is 3.55. The van der Waals surface area contributed by atoms with Crippen LogP contribution in [-0.4, -0.2) is 18.0 Å². The zero-order valence-corrected chi connectivity index (χ0v) is 13.4. The zero-order chi connectivity index (χ0) is 16.4. The van der Waals surface area contributed by atoms with Gasteiger partial charge >= 0.3 is 0 Å². The van der Waals surface area contributed by atoms with Crippen LogP contribution in [0.25, 0.3) is 0 Å². The van der Waals surface area contributed by atoms with Gasteiger partial charge in [0, 0.05) is 17.7 Å². The van der Waals surface area contributed by atoms with Crippen LogP contribution < -0.4 is 10.6 Å². The van der Waals surface area contributed by atoms with E-state index in [2.05, 4.69) is 10.6 Å². The van der Waals surface area contributed by atoms with Crippen molar-refractivity contribution in [1.82, 2.24) is 10.6 Å². The molecular weight excluding hydrogens is 298 g/mol. The van der Waals surface area contributed by atoms with Crippen molar-refractivity contribution in [3.8, 4) is 0 Å². The molecule has 126 valence electrons. The second-order valence-corrected chi connectivity index (χ2v) is 6.74. The van der Waals surface area contributed by atoms with Crippen LogP contribution in [0.3, 0.4) is 0 Å². The Hall–Kier alpha value is -1.49. The number of amides is 1. The predicted molar refractivity (Wildman–Crippen MR) is 84.8 cm³/mol. The van der Waals surface area contributed by atoms with Gasteiger partial charge in [-0.05, 0) is 37.7 Å². The van der Waals surface area contributed by atoms with Gasteiger partial charge in [-0.25, -0.2) is 8.78 Å². The SMILES string of the molecule is CCC(NC(=O)C1CC2CCCCC2N1)c1ccc(F)cc1F. The molecule has 1 aliphatic carbocycles. The molecule has 1 heterocycles. The lowest BCUT2D eigenvalue weighted by Crippen LogP contribution is -2.44. The number of hydrogen-bond donors (Lipinski definition) is 2. The number of hydrogen-bond acceptors (Lipinski definition) is 2. The third-order valence-corrected chi connectivity index (χ3v) is 5.24. The smallest absolute Gasteiger partial charge is 0.237 e. The van der Waals surface area contributed by atoms with Crippen LogP contribution in [0.5, 0.6) is 0 Å². The minimum Gasteiger partial charge on any atom is -0.348 e. The van der Waals surface area contributed by atoms with Gasteiger partial charge < -0.3 is 10.6 Å². The molecule has 1 saturated carbocycles. The van der Waals surface area contributed by atoms with Crippen LogP contribution in [0.2, 0.25) is 0 Å². The summed E-state index contributed by atoms with van der Waals surface area (Å²) in [5.41, 5.74) is 0.345. The average Bonchev–Trinajstić information content (AvgIpc) is 2.97. The minimum atomic E-state index is -0.606. The van der Waals surface area contributed by atoms with Gasteiger partial charge in [0.2, 0.25) is 5.91 Å². The molecule has 4 unspecified atom stereocenters. The topological polar surface area (TPSA) is 41.1 Å². The van der Waals surface area contributed by atoms with E-state index in [0.717, 1.165) is 18.9 Å². The fourth-order valence-corrected chi connectivity index (χ4v) is 3.98. The first-order chi connectivity index (χ1) is 11.1. The summed E-state index contributed by atoms with van der Waals surface area (Å²) in [7, 11) is 0. The Morgan fingerprint density at radius 3 is 2.83 bits per heavy atom. The standard InChI is InChI=1S/C18H24F2N2O/c1-2-15(13-8-7-12(19)10-14(13)20)22-18(23)17-9-11-5-3-4-6-16(11)21-17/h7-8,10-11,15-17,21H,2-6,9H2,1H3,(H,22,23). The highest BCUT2D eigenvalue weighted by Crippen LogP contribution is 2.33. The highest BCUT2D eigenvalue weighted by molar-refractivity contribution is 5.82. The summed E-state index contributed by atoms with van der Waals surface area (Å²) in [6.07, 6.45) is 6.21. The minimum absolute atomic E-state index is 0.0741. The summed E-state index contributed by atoms with van der Waals surface area (Å²) in [6, 6.07) is 3.35. The third-order valence-electron chi connectivity index (χ3n) is 5.24. The van der Waals surface area contributed by atoms with Crippen molar-refractivity contribution in [2.45, 2.75) is 63.6 Å². The number of benzene rings is 1. The number of carbonyl (C=O) groups is 1. The van der Waals surface area contributed by atoms with E-state index in [4.69, 9.17) is 0 Å². The average molecular weight is 322 g/mol. The number of carbonyl (C=O) groups excluding carboxylic acids is 1. The van der Waals surface area contributed by atoms with E-state index in [0.29, 0.717) is 23.9 Å². The number of rotatable bonds is 4. The molecule has 0 aromatic heterocycles. The summed E-state index contributed by atoms with van der Waals surface area (Å²) in [6.45, 7) is 1.88. The first-order valence-corrected chi connectivity index (χ1v) is 8.60. The molecule has 0 spiro atoms. The number of halogens is 2. The molecule has 0 bridgehead atoms. The Kier molecular flexibility index (Phi) is 4.95. The molecule has 0 radical (unpaired) electrons. The Labute approximate surface area is 135 Å². The van der Waals surface area contributed by atoms with Gasteiger partial charge in [-0.15, -0.1) is 0 Å². The number of nitrogens with one attached hydrogen (secondary N) is 2. The fourth-order valence-electron chi connectivity index (χ4n) is 3.98. The Balaban J connectivity index is 1.66. The summed E-state index contributed by atoms with van der Waals surface area (Å²) >= 11 is 0. The van der Waals surface area contributed by atoms with E-state index in [1.54, 1.807) is 0 Å². The Morgan fingerprint density at radius 2 is 2.13 bits per heavy atom.